The Morgan fingerprint density at radius 3 is 2.75 bits per heavy atom. The topological polar surface area (TPSA) is 50.9 Å². The van der Waals surface area contributed by atoms with E-state index in [9.17, 15) is 4.39 Å². The van der Waals surface area contributed by atoms with Gasteiger partial charge in [0.25, 0.3) is 0 Å². The van der Waals surface area contributed by atoms with Crippen molar-refractivity contribution in [2.45, 2.75) is 32.7 Å². The number of rotatable bonds is 4. The number of ether oxygens (including phenoxy) is 1. The highest BCUT2D eigenvalue weighted by atomic mass is 19.1. The molecular weight excluding hydrogens is 257 g/mol. The van der Waals surface area contributed by atoms with E-state index in [1.807, 2.05) is 13.0 Å². The van der Waals surface area contributed by atoms with Crippen molar-refractivity contribution < 1.29 is 9.13 Å². The van der Waals surface area contributed by atoms with Gasteiger partial charge in [-0.25, -0.2) is 9.38 Å². The monoisotopic (exact) mass is 279 g/mol. The summed E-state index contributed by atoms with van der Waals surface area (Å²) in [7, 11) is 0. The van der Waals surface area contributed by atoms with Crippen LogP contribution in [-0.4, -0.2) is 30.6 Å². The van der Waals surface area contributed by atoms with Gasteiger partial charge in [0.2, 0.25) is 0 Å². The van der Waals surface area contributed by atoms with Gasteiger partial charge in [0.15, 0.2) is 17.5 Å². The van der Waals surface area contributed by atoms with Crippen LogP contribution < -0.4 is 10.5 Å². The van der Waals surface area contributed by atoms with Crippen LogP contribution in [0.2, 0.25) is 0 Å². The standard InChI is InChI=1S/C15H22FN3O/c1-2-20-14-7-6-12(10-13(14)16)11-18-15(17)19-8-4-3-5-9-19/h6-7,10H,2-5,8-9,11H2,1H3,(H2,17,18). The number of piperidine rings is 1. The highest BCUT2D eigenvalue weighted by molar-refractivity contribution is 5.78. The van der Waals surface area contributed by atoms with Crippen molar-refractivity contribution >= 4 is 5.96 Å². The molecule has 0 unspecified atom stereocenters. The number of guanidine groups is 1. The summed E-state index contributed by atoms with van der Waals surface area (Å²) in [6.45, 7) is 4.61. The first-order valence-corrected chi connectivity index (χ1v) is 7.17. The molecule has 1 aromatic carbocycles. The van der Waals surface area contributed by atoms with Gasteiger partial charge in [-0.1, -0.05) is 6.07 Å². The molecule has 2 N–H and O–H groups in total. The zero-order chi connectivity index (χ0) is 14.4. The van der Waals surface area contributed by atoms with Crippen molar-refractivity contribution in [3.63, 3.8) is 0 Å². The van der Waals surface area contributed by atoms with E-state index in [2.05, 4.69) is 9.89 Å². The number of likely N-dealkylation sites (tertiary alicyclic amines) is 1. The van der Waals surface area contributed by atoms with Crippen LogP contribution in [0.4, 0.5) is 4.39 Å². The lowest BCUT2D eigenvalue weighted by Gasteiger charge is -2.27. The molecule has 2 rings (SSSR count). The van der Waals surface area contributed by atoms with Crippen molar-refractivity contribution in [3.05, 3.63) is 29.6 Å². The second kappa shape index (κ2) is 7.12. The first-order chi connectivity index (χ1) is 9.70. The maximum Gasteiger partial charge on any atom is 0.191 e. The third-order valence-corrected chi connectivity index (χ3v) is 3.40. The summed E-state index contributed by atoms with van der Waals surface area (Å²) in [6, 6.07) is 4.92. The highest BCUT2D eigenvalue weighted by Gasteiger charge is 2.11. The van der Waals surface area contributed by atoms with Crippen LogP contribution in [-0.2, 0) is 6.54 Å². The summed E-state index contributed by atoms with van der Waals surface area (Å²) >= 11 is 0. The van der Waals surface area contributed by atoms with Crippen LogP contribution in [0.15, 0.2) is 23.2 Å². The number of hydrogen-bond acceptors (Lipinski definition) is 2. The molecule has 0 atom stereocenters. The van der Waals surface area contributed by atoms with Gasteiger partial charge in [-0.2, -0.15) is 0 Å². The molecule has 1 aliphatic heterocycles. The van der Waals surface area contributed by atoms with E-state index < -0.39 is 0 Å². The fourth-order valence-electron chi connectivity index (χ4n) is 2.31. The molecule has 1 aliphatic rings. The van der Waals surface area contributed by atoms with E-state index in [0.717, 1.165) is 31.5 Å². The Balaban J connectivity index is 1.97. The summed E-state index contributed by atoms with van der Waals surface area (Å²) in [4.78, 5) is 6.44. The first kappa shape index (κ1) is 14.6. The quantitative estimate of drug-likeness (QED) is 0.680. The molecule has 0 radical (unpaired) electrons. The smallest absolute Gasteiger partial charge is 0.191 e. The second-order valence-corrected chi connectivity index (χ2v) is 4.92. The van der Waals surface area contributed by atoms with E-state index in [1.54, 1.807) is 6.07 Å². The SMILES string of the molecule is CCOc1ccc(CN=C(N)N2CCCCC2)cc1F. The fourth-order valence-corrected chi connectivity index (χ4v) is 2.31. The molecule has 1 heterocycles. The van der Waals surface area contributed by atoms with Gasteiger partial charge >= 0.3 is 0 Å². The molecular formula is C15H22FN3O. The molecule has 4 nitrogen and oxygen atoms in total. The van der Waals surface area contributed by atoms with Crippen molar-refractivity contribution in [3.8, 4) is 5.75 Å². The molecule has 0 spiro atoms. The number of hydrogen-bond donors (Lipinski definition) is 1. The van der Waals surface area contributed by atoms with Crippen LogP contribution in [0.1, 0.15) is 31.7 Å². The minimum atomic E-state index is -0.351. The molecule has 1 saturated heterocycles. The minimum absolute atomic E-state index is 0.282. The maximum atomic E-state index is 13.7. The van der Waals surface area contributed by atoms with Crippen LogP contribution in [0, 0.1) is 5.82 Å². The molecule has 0 aliphatic carbocycles. The zero-order valence-electron chi connectivity index (χ0n) is 11.9. The molecule has 20 heavy (non-hydrogen) atoms. The second-order valence-electron chi connectivity index (χ2n) is 4.92. The third kappa shape index (κ3) is 3.85. The van der Waals surface area contributed by atoms with Gasteiger partial charge in [-0.15, -0.1) is 0 Å². The fraction of sp³-hybridized carbons (Fsp3) is 0.533. The lowest BCUT2D eigenvalue weighted by Crippen LogP contribution is -2.40. The Bertz CT molecular complexity index is 470. The van der Waals surface area contributed by atoms with Gasteiger partial charge in [-0.3, -0.25) is 0 Å². The number of nitrogens with two attached hydrogens (primary N) is 1. The van der Waals surface area contributed by atoms with E-state index in [0.29, 0.717) is 19.1 Å². The average Bonchev–Trinajstić information content (AvgIpc) is 2.48. The minimum Gasteiger partial charge on any atom is -0.491 e. The first-order valence-electron chi connectivity index (χ1n) is 7.17. The lowest BCUT2D eigenvalue weighted by molar-refractivity contribution is 0.321. The van der Waals surface area contributed by atoms with E-state index >= 15 is 0 Å². The number of aliphatic imine (C=N–C) groups is 1. The summed E-state index contributed by atoms with van der Waals surface area (Å²) in [5.74, 6) is 0.485. The summed E-state index contributed by atoms with van der Waals surface area (Å²) < 4.78 is 18.9. The largest absolute Gasteiger partial charge is 0.491 e. The zero-order valence-corrected chi connectivity index (χ0v) is 11.9. The summed E-state index contributed by atoms with van der Waals surface area (Å²) in [6.07, 6.45) is 3.58. The average molecular weight is 279 g/mol. The molecule has 0 bridgehead atoms. The van der Waals surface area contributed by atoms with Gasteiger partial charge in [0, 0.05) is 13.1 Å². The Kier molecular flexibility index (Phi) is 5.21. The Labute approximate surface area is 119 Å². The predicted octanol–water partition coefficient (Wildman–Crippen LogP) is 2.53. The van der Waals surface area contributed by atoms with Crippen molar-refractivity contribution in [2.75, 3.05) is 19.7 Å². The summed E-state index contributed by atoms with van der Waals surface area (Å²) in [5.41, 5.74) is 6.77. The molecule has 0 aromatic heterocycles. The van der Waals surface area contributed by atoms with Crippen molar-refractivity contribution in [1.82, 2.24) is 4.90 Å². The Hall–Kier alpha value is -1.78. The van der Waals surface area contributed by atoms with Crippen LogP contribution >= 0.6 is 0 Å². The molecule has 0 amide bonds. The van der Waals surface area contributed by atoms with E-state index in [1.165, 1.54) is 12.5 Å². The normalized spacial score (nSPS) is 16.3. The van der Waals surface area contributed by atoms with Crippen LogP contribution in [0.3, 0.4) is 0 Å². The Morgan fingerprint density at radius 2 is 2.10 bits per heavy atom. The van der Waals surface area contributed by atoms with Gasteiger partial charge in [0.1, 0.15) is 0 Å². The lowest BCUT2D eigenvalue weighted by atomic mass is 10.1. The molecule has 1 fully saturated rings. The van der Waals surface area contributed by atoms with Gasteiger partial charge in [-0.05, 0) is 43.9 Å². The highest BCUT2D eigenvalue weighted by Crippen LogP contribution is 2.19. The summed E-state index contributed by atoms with van der Waals surface area (Å²) in [5, 5.41) is 0. The number of nitrogens with zero attached hydrogens (tertiary/aromatic N) is 2. The van der Waals surface area contributed by atoms with E-state index in [4.69, 9.17) is 10.5 Å². The van der Waals surface area contributed by atoms with Gasteiger partial charge in [0.05, 0.1) is 13.2 Å². The van der Waals surface area contributed by atoms with E-state index in [-0.39, 0.29) is 11.6 Å². The molecule has 1 aromatic rings. The molecule has 110 valence electrons. The number of halogens is 1. The molecule has 0 saturated carbocycles. The van der Waals surface area contributed by atoms with Gasteiger partial charge < -0.3 is 15.4 Å². The Morgan fingerprint density at radius 1 is 1.35 bits per heavy atom. The van der Waals surface area contributed by atoms with Crippen molar-refractivity contribution in [2.24, 2.45) is 10.7 Å². The predicted molar refractivity (Wildman–Crippen MR) is 78.3 cm³/mol. The van der Waals surface area contributed by atoms with Crippen LogP contribution in [0.25, 0.3) is 0 Å². The molecule has 5 heteroatoms. The van der Waals surface area contributed by atoms with Crippen LogP contribution in [0.5, 0.6) is 5.75 Å². The van der Waals surface area contributed by atoms with Crippen molar-refractivity contribution in [1.29, 1.82) is 0 Å². The third-order valence-electron chi connectivity index (χ3n) is 3.40. The number of benzene rings is 1. The maximum absolute atomic E-state index is 13.7.